The average Bonchev–Trinajstić information content (AvgIpc) is 2.53. The number of hydrogen-bond acceptors (Lipinski definition) is 2. The van der Waals surface area contributed by atoms with Gasteiger partial charge in [0.1, 0.15) is 0 Å². The summed E-state index contributed by atoms with van der Waals surface area (Å²) in [6.07, 6.45) is 10.7. The van der Waals surface area contributed by atoms with Gasteiger partial charge >= 0.3 is 0 Å². The molecule has 0 aliphatic heterocycles. The van der Waals surface area contributed by atoms with Crippen LogP contribution in [0, 0.1) is 0 Å². The molecule has 20 heavy (non-hydrogen) atoms. The van der Waals surface area contributed by atoms with Crippen LogP contribution in [-0.2, 0) is 15.9 Å². The number of allylic oxidation sites excluding steroid dienone is 2. The van der Waals surface area contributed by atoms with Gasteiger partial charge in [-0.05, 0) is 35.6 Å². The molecule has 0 spiro atoms. The summed E-state index contributed by atoms with van der Waals surface area (Å²) in [7, 11) is 3.39. The first-order chi connectivity index (χ1) is 9.74. The highest BCUT2D eigenvalue weighted by atomic mass is 16.7. The van der Waals surface area contributed by atoms with Gasteiger partial charge in [-0.25, -0.2) is 0 Å². The fourth-order valence-electron chi connectivity index (χ4n) is 2.62. The van der Waals surface area contributed by atoms with Crippen molar-refractivity contribution in [3.8, 4) is 0 Å². The van der Waals surface area contributed by atoms with Gasteiger partial charge in [-0.1, -0.05) is 49.8 Å². The Morgan fingerprint density at radius 2 is 1.90 bits per heavy atom. The van der Waals surface area contributed by atoms with Crippen LogP contribution in [0.25, 0.3) is 5.57 Å². The number of aryl methyl sites for hydroxylation is 1. The second kappa shape index (κ2) is 6.87. The van der Waals surface area contributed by atoms with Crippen LogP contribution in [0.5, 0.6) is 0 Å². The first-order valence-electron chi connectivity index (χ1n) is 7.32. The largest absolute Gasteiger partial charge is 0.349 e. The highest BCUT2D eigenvalue weighted by molar-refractivity contribution is 5.77. The Balaban J connectivity index is 2.35. The lowest BCUT2D eigenvalue weighted by Gasteiger charge is -2.30. The number of methoxy groups -OCH3 is 2. The standard InChI is InChI=1S/C18H24O2/c1-4-5-9-15-10-6-7-12-17(15)16-11-8-13-18(14-16,19-2)20-3/h6-8,10-12,14H,4-5,9,13H2,1-3H3. The second-order valence-corrected chi connectivity index (χ2v) is 5.19. The molecular formula is C18H24O2. The molecule has 0 amide bonds. The summed E-state index contributed by atoms with van der Waals surface area (Å²) in [6, 6.07) is 8.61. The lowest BCUT2D eigenvalue weighted by Crippen LogP contribution is -2.32. The van der Waals surface area contributed by atoms with E-state index >= 15 is 0 Å². The van der Waals surface area contributed by atoms with E-state index in [1.807, 2.05) is 0 Å². The van der Waals surface area contributed by atoms with E-state index in [1.165, 1.54) is 29.5 Å². The Hall–Kier alpha value is -1.38. The Bertz CT molecular complexity index is 496. The molecule has 108 valence electrons. The summed E-state index contributed by atoms with van der Waals surface area (Å²) in [5, 5.41) is 0. The minimum absolute atomic E-state index is 0.623. The third-order valence-corrected chi connectivity index (χ3v) is 3.89. The normalized spacial score (nSPS) is 17.1. The van der Waals surface area contributed by atoms with Gasteiger partial charge in [-0.15, -0.1) is 0 Å². The Kier molecular flexibility index (Phi) is 5.16. The van der Waals surface area contributed by atoms with Gasteiger partial charge < -0.3 is 9.47 Å². The number of rotatable bonds is 6. The Labute approximate surface area is 122 Å². The molecule has 0 unspecified atom stereocenters. The molecule has 0 saturated carbocycles. The third kappa shape index (κ3) is 3.20. The van der Waals surface area contributed by atoms with Gasteiger partial charge in [0.2, 0.25) is 0 Å². The number of benzene rings is 1. The highest BCUT2D eigenvalue weighted by Gasteiger charge is 2.28. The minimum atomic E-state index is -0.623. The molecule has 0 aromatic heterocycles. The quantitative estimate of drug-likeness (QED) is 0.716. The number of unbranched alkanes of at least 4 members (excludes halogenated alkanes) is 1. The van der Waals surface area contributed by atoms with Crippen LogP contribution in [0.3, 0.4) is 0 Å². The first kappa shape index (κ1) is 15.0. The molecule has 0 heterocycles. The fraction of sp³-hybridized carbons (Fsp3) is 0.444. The van der Waals surface area contributed by atoms with Gasteiger partial charge in [-0.2, -0.15) is 0 Å². The van der Waals surface area contributed by atoms with Gasteiger partial charge in [0, 0.05) is 20.6 Å². The number of ether oxygens (including phenoxy) is 2. The summed E-state index contributed by atoms with van der Waals surface area (Å²) in [5.74, 6) is -0.623. The predicted octanol–water partition coefficient (Wildman–Crippen LogP) is 4.36. The van der Waals surface area contributed by atoms with Crippen LogP contribution in [0.2, 0.25) is 0 Å². The van der Waals surface area contributed by atoms with E-state index in [9.17, 15) is 0 Å². The lowest BCUT2D eigenvalue weighted by molar-refractivity contribution is -0.167. The maximum Gasteiger partial charge on any atom is 0.191 e. The molecule has 2 rings (SSSR count). The monoisotopic (exact) mass is 272 g/mol. The van der Waals surface area contributed by atoms with Crippen molar-refractivity contribution in [2.24, 2.45) is 0 Å². The molecule has 2 heteroatoms. The summed E-state index contributed by atoms with van der Waals surface area (Å²) in [6.45, 7) is 2.23. The molecule has 0 radical (unpaired) electrons. The molecule has 0 N–H and O–H groups in total. The van der Waals surface area contributed by atoms with Crippen LogP contribution in [0.15, 0.2) is 42.5 Å². The van der Waals surface area contributed by atoms with E-state index in [4.69, 9.17) is 9.47 Å². The van der Waals surface area contributed by atoms with E-state index in [2.05, 4.69) is 49.4 Å². The van der Waals surface area contributed by atoms with Crippen LogP contribution >= 0.6 is 0 Å². The second-order valence-electron chi connectivity index (χ2n) is 5.19. The molecule has 0 bridgehead atoms. The first-order valence-corrected chi connectivity index (χ1v) is 7.32. The predicted molar refractivity (Wildman–Crippen MR) is 83.5 cm³/mol. The Morgan fingerprint density at radius 3 is 2.60 bits per heavy atom. The smallest absolute Gasteiger partial charge is 0.191 e. The van der Waals surface area contributed by atoms with Crippen molar-refractivity contribution < 1.29 is 9.47 Å². The number of hydrogen-bond donors (Lipinski definition) is 0. The Morgan fingerprint density at radius 1 is 1.15 bits per heavy atom. The van der Waals surface area contributed by atoms with Crippen LogP contribution in [0.4, 0.5) is 0 Å². The van der Waals surface area contributed by atoms with Crippen molar-refractivity contribution in [1.29, 1.82) is 0 Å². The SMILES string of the molecule is CCCCc1ccccc1C1=CC(OC)(OC)CC=C1. The topological polar surface area (TPSA) is 18.5 Å². The van der Waals surface area contributed by atoms with E-state index in [0.29, 0.717) is 0 Å². The third-order valence-electron chi connectivity index (χ3n) is 3.89. The maximum atomic E-state index is 5.55. The molecule has 1 aromatic rings. The highest BCUT2D eigenvalue weighted by Crippen LogP contribution is 2.32. The van der Waals surface area contributed by atoms with E-state index in [1.54, 1.807) is 14.2 Å². The molecule has 0 atom stereocenters. The molecule has 2 nitrogen and oxygen atoms in total. The van der Waals surface area contributed by atoms with Crippen molar-refractivity contribution in [2.45, 2.75) is 38.4 Å². The summed E-state index contributed by atoms with van der Waals surface area (Å²) in [5.41, 5.74) is 3.87. The summed E-state index contributed by atoms with van der Waals surface area (Å²) < 4.78 is 11.1. The van der Waals surface area contributed by atoms with Crippen LogP contribution in [-0.4, -0.2) is 20.0 Å². The van der Waals surface area contributed by atoms with E-state index in [-0.39, 0.29) is 0 Å². The zero-order chi connectivity index (χ0) is 14.4. The molecule has 0 saturated heterocycles. The lowest BCUT2D eigenvalue weighted by atomic mass is 9.91. The van der Waals surface area contributed by atoms with Gasteiger partial charge in [-0.3, -0.25) is 0 Å². The molecule has 1 aromatic carbocycles. The van der Waals surface area contributed by atoms with Crippen molar-refractivity contribution >= 4 is 5.57 Å². The maximum absolute atomic E-state index is 5.55. The molecule has 1 aliphatic rings. The zero-order valence-electron chi connectivity index (χ0n) is 12.7. The van der Waals surface area contributed by atoms with Crippen LogP contribution in [0.1, 0.15) is 37.3 Å². The van der Waals surface area contributed by atoms with Crippen molar-refractivity contribution in [1.82, 2.24) is 0 Å². The minimum Gasteiger partial charge on any atom is -0.349 e. The zero-order valence-corrected chi connectivity index (χ0v) is 12.7. The molecular weight excluding hydrogens is 248 g/mol. The van der Waals surface area contributed by atoms with E-state index in [0.717, 1.165) is 12.8 Å². The van der Waals surface area contributed by atoms with Gasteiger partial charge in [0.25, 0.3) is 0 Å². The van der Waals surface area contributed by atoms with Crippen molar-refractivity contribution in [3.05, 3.63) is 53.6 Å². The van der Waals surface area contributed by atoms with Crippen molar-refractivity contribution in [3.63, 3.8) is 0 Å². The van der Waals surface area contributed by atoms with E-state index < -0.39 is 5.79 Å². The van der Waals surface area contributed by atoms with Gasteiger partial charge in [0.05, 0.1) is 0 Å². The summed E-state index contributed by atoms with van der Waals surface area (Å²) in [4.78, 5) is 0. The summed E-state index contributed by atoms with van der Waals surface area (Å²) >= 11 is 0. The average molecular weight is 272 g/mol. The molecule has 1 aliphatic carbocycles. The fourth-order valence-corrected chi connectivity index (χ4v) is 2.62. The van der Waals surface area contributed by atoms with Crippen LogP contribution < -0.4 is 0 Å². The van der Waals surface area contributed by atoms with Crippen molar-refractivity contribution in [2.75, 3.05) is 14.2 Å². The van der Waals surface area contributed by atoms with Gasteiger partial charge in [0.15, 0.2) is 5.79 Å². The molecule has 0 fully saturated rings.